The number of nitrogens with zero attached hydrogens (tertiary/aromatic N) is 1. The summed E-state index contributed by atoms with van der Waals surface area (Å²) in [6.45, 7) is 2.09. The molecular formula is C13H20N2S. The number of aromatic nitrogens is 1. The van der Waals surface area contributed by atoms with E-state index < -0.39 is 0 Å². The average molecular weight is 236 g/mol. The van der Waals surface area contributed by atoms with E-state index in [0.717, 1.165) is 24.2 Å². The first-order valence-electron chi connectivity index (χ1n) is 6.38. The van der Waals surface area contributed by atoms with Gasteiger partial charge in [-0.25, -0.2) is 4.98 Å². The Morgan fingerprint density at radius 3 is 2.81 bits per heavy atom. The SMILES string of the molecule is CNC(Cc1csc(C)n1)C1C2CCCC21. The van der Waals surface area contributed by atoms with Crippen molar-refractivity contribution in [1.29, 1.82) is 0 Å². The highest BCUT2D eigenvalue weighted by atomic mass is 32.1. The van der Waals surface area contributed by atoms with Gasteiger partial charge in [0.25, 0.3) is 0 Å². The van der Waals surface area contributed by atoms with Crippen molar-refractivity contribution in [1.82, 2.24) is 10.3 Å². The fraction of sp³-hybridized carbons (Fsp3) is 0.769. The molecule has 2 fully saturated rings. The molecule has 2 aliphatic carbocycles. The summed E-state index contributed by atoms with van der Waals surface area (Å²) in [5, 5.41) is 6.93. The summed E-state index contributed by atoms with van der Waals surface area (Å²) in [7, 11) is 2.11. The van der Waals surface area contributed by atoms with Gasteiger partial charge in [-0.15, -0.1) is 11.3 Å². The van der Waals surface area contributed by atoms with Gasteiger partial charge in [0.15, 0.2) is 0 Å². The molecule has 0 amide bonds. The fourth-order valence-corrected chi connectivity index (χ4v) is 4.26. The highest BCUT2D eigenvalue weighted by Crippen LogP contribution is 2.59. The van der Waals surface area contributed by atoms with E-state index in [2.05, 4.69) is 29.7 Å². The third-order valence-electron chi connectivity index (χ3n) is 4.40. The van der Waals surface area contributed by atoms with Crippen LogP contribution in [-0.2, 0) is 6.42 Å². The van der Waals surface area contributed by atoms with Gasteiger partial charge in [0.05, 0.1) is 10.7 Å². The quantitative estimate of drug-likeness (QED) is 0.869. The predicted molar refractivity (Wildman–Crippen MR) is 67.7 cm³/mol. The Bertz CT molecular complexity index is 364. The third-order valence-corrected chi connectivity index (χ3v) is 5.23. The normalized spacial score (nSPS) is 33.8. The van der Waals surface area contributed by atoms with E-state index in [-0.39, 0.29) is 0 Å². The largest absolute Gasteiger partial charge is 0.316 e. The molecule has 0 aliphatic heterocycles. The van der Waals surface area contributed by atoms with E-state index in [9.17, 15) is 0 Å². The number of nitrogens with one attached hydrogen (secondary N) is 1. The van der Waals surface area contributed by atoms with Crippen molar-refractivity contribution in [2.45, 2.75) is 38.6 Å². The van der Waals surface area contributed by atoms with Gasteiger partial charge in [0, 0.05) is 17.8 Å². The first-order chi connectivity index (χ1) is 7.79. The molecule has 1 aromatic rings. The Hall–Kier alpha value is -0.410. The molecule has 0 aromatic carbocycles. The zero-order chi connectivity index (χ0) is 11.1. The Kier molecular flexibility index (Phi) is 2.76. The minimum absolute atomic E-state index is 0.664. The van der Waals surface area contributed by atoms with Gasteiger partial charge >= 0.3 is 0 Å². The third kappa shape index (κ3) is 1.80. The van der Waals surface area contributed by atoms with Gasteiger partial charge in [0.1, 0.15) is 0 Å². The summed E-state index contributed by atoms with van der Waals surface area (Å²) in [6, 6.07) is 0.664. The van der Waals surface area contributed by atoms with Crippen LogP contribution in [0.15, 0.2) is 5.38 Å². The van der Waals surface area contributed by atoms with E-state index in [4.69, 9.17) is 0 Å². The topological polar surface area (TPSA) is 24.9 Å². The summed E-state index contributed by atoms with van der Waals surface area (Å²) in [5.74, 6) is 3.02. The number of hydrogen-bond acceptors (Lipinski definition) is 3. The smallest absolute Gasteiger partial charge is 0.0897 e. The lowest BCUT2D eigenvalue weighted by Gasteiger charge is -2.16. The molecule has 2 aliphatic rings. The number of aryl methyl sites for hydroxylation is 1. The van der Waals surface area contributed by atoms with Crippen molar-refractivity contribution < 1.29 is 0 Å². The predicted octanol–water partition coefficient (Wildman–Crippen LogP) is 2.63. The Morgan fingerprint density at radius 2 is 2.25 bits per heavy atom. The molecule has 16 heavy (non-hydrogen) atoms. The van der Waals surface area contributed by atoms with Crippen LogP contribution in [0, 0.1) is 24.7 Å². The van der Waals surface area contributed by atoms with Crippen LogP contribution in [0.5, 0.6) is 0 Å². The standard InChI is InChI=1S/C13H20N2S/c1-8-15-9(7-16-8)6-12(14-2)13-10-4-3-5-11(10)13/h7,10-14H,3-6H2,1-2H3. The van der Waals surface area contributed by atoms with Crippen LogP contribution in [0.25, 0.3) is 0 Å². The maximum atomic E-state index is 4.58. The molecule has 3 rings (SSSR count). The molecule has 1 aromatic heterocycles. The molecule has 0 saturated heterocycles. The molecular weight excluding hydrogens is 216 g/mol. The lowest BCUT2D eigenvalue weighted by Crippen LogP contribution is -2.31. The summed E-state index contributed by atoms with van der Waals surface area (Å²) in [5.41, 5.74) is 1.28. The van der Waals surface area contributed by atoms with Crippen molar-refractivity contribution >= 4 is 11.3 Å². The van der Waals surface area contributed by atoms with Crippen molar-refractivity contribution in [3.8, 4) is 0 Å². The summed E-state index contributed by atoms with van der Waals surface area (Å²) < 4.78 is 0. The minimum atomic E-state index is 0.664. The van der Waals surface area contributed by atoms with Crippen molar-refractivity contribution in [2.75, 3.05) is 7.05 Å². The maximum Gasteiger partial charge on any atom is 0.0897 e. The monoisotopic (exact) mass is 236 g/mol. The van der Waals surface area contributed by atoms with Crippen LogP contribution in [0.4, 0.5) is 0 Å². The average Bonchev–Trinajstić information content (AvgIpc) is 2.70. The highest BCUT2D eigenvalue weighted by molar-refractivity contribution is 7.09. The molecule has 3 atom stereocenters. The molecule has 0 spiro atoms. The van der Waals surface area contributed by atoms with Gasteiger partial charge in [0.2, 0.25) is 0 Å². The second kappa shape index (κ2) is 4.11. The van der Waals surface area contributed by atoms with E-state index in [0.29, 0.717) is 6.04 Å². The number of thiazole rings is 1. The van der Waals surface area contributed by atoms with E-state index in [1.807, 2.05) is 0 Å². The van der Waals surface area contributed by atoms with Crippen LogP contribution in [0.2, 0.25) is 0 Å². The van der Waals surface area contributed by atoms with E-state index in [1.165, 1.54) is 30.0 Å². The van der Waals surface area contributed by atoms with Crippen LogP contribution in [0.1, 0.15) is 30.0 Å². The van der Waals surface area contributed by atoms with Gasteiger partial charge in [-0.2, -0.15) is 0 Å². The molecule has 88 valence electrons. The summed E-state index contributed by atoms with van der Waals surface area (Å²) in [4.78, 5) is 4.58. The molecule has 3 heteroatoms. The molecule has 2 saturated carbocycles. The Morgan fingerprint density at radius 1 is 1.50 bits per heavy atom. The van der Waals surface area contributed by atoms with E-state index >= 15 is 0 Å². The molecule has 2 nitrogen and oxygen atoms in total. The lowest BCUT2D eigenvalue weighted by atomic mass is 10.0. The van der Waals surface area contributed by atoms with Crippen LogP contribution < -0.4 is 5.32 Å². The van der Waals surface area contributed by atoms with Gasteiger partial charge in [-0.3, -0.25) is 0 Å². The first kappa shape index (κ1) is 10.7. The van der Waals surface area contributed by atoms with Crippen molar-refractivity contribution in [2.24, 2.45) is 17.8 Å². The van der Waals surface area contributed by atoms with Gasteiger partial charge in [-0.05, 0) is 44.6 Å². The van der Waals surface area contributed by atoms with Crippen molar-refractivity contribution in [3.05, 3.63) is 16.1 Å². The van der Waals surface area contributed by atoms with Gasteiger partial charge in [-0.1, -0.05) is 6.42 Å². The molecule has 0 radical (unpaired) electrons. The van der Waals surface area contributed by atoms with Crippen molar-refractivity contribution in [3.63, 3.8) is 0 Å². The number of hydrogen-bond donors (Lipinski definition) is 1. The zero-order valence-electron chi connectivity index (χ0n) is 10.1. The molecule has 3 unspecified atom stereocenters. The number of likely N-dealkylation sites (N-methyl/N-ethyl adjacent to an activating group) is 1. The lowest BCUT2D eigenvalue weighted by molar-refractivity contribution is 0.426. The molecule has 0 bridgehead atoms. The first-order valence-corrected chi connectivity index (χ1v) is 7.26. The van der Waals surface area contributed by atoms with Crippen LogP contribution in [0.3, 0.4) is 0 Å². The maximum absolute atomic E-state index is 4.58. The second-order valence-electron chi connectivity index (χ2n) is 5.29. The summed E-state index contributed by atoms with van der Waals surface area (Å²) in [6.07, 6.45) is 5.55. The van der Waals surface area contributed by atoms with E-state index in [1.54, 1.807) is 11.3 Å². The zero-order valence-corrected chi connectivity index (χ0v) is 10.9. The number of rotatable bonds is 4. The second-order valence-corrected chi connectivity index (χ2v) is 6.36. The van der Waals surface area contributed by atoms with Crippen LogP contribution >= 0.6 is 11.3 Å². The minimum Gasteiger partial charge on any atom is -0.316 e. The Balaban J connectivity index is 1.64. The number of fused-ring (bicyclic) bond motifs is 1. The van der Waals surface area contributed by atoms with Crippen LogP contribution in [-0.4, -0.2) is 18.1 Å². The Labute approximate surface area is 101 Å². The van der Waals surface area contributed by atoms with Gasteiger partial charge < -0.3 is 5.32 Å². The fourth-order valence-electron chi connectivity index (χ4n) is 3.63. The highest BCUT2D eigenvalue weighted by Gasteiger charge is 2.55. The molecule has 1 N–H and O–H groups in total. The molecule has 1 heterocycles. The summed E-state index contributed by atoms with van der Waals surface area (Å²) >= 11 is 1.77.